The first-order chi connectivity index (χ1) is 12.0. The number of hydrogen-bond donors (Lipinski definition) is 0. The van der Waals surface area contributed by atoms with Crippen LogP contribution >= 0.6 is 15.9 Å². The fourth-order valence-corrected chi connectivity index (χ4v) is 3.85. The first-order valence-corrected chi connectivity index (χ1v) is 9.54. The second-order valence-electron chi connectivity index (χ2n) is 7.07. The number of hydrogen-bond acceptors (Lipinski definition) is 3. The fraction of sp³-hybridized carbons (Fsp3) is 0.400. The van der Waals surface area contributed by atoms with E-state index in [-0.39, 0.29) is 0 Å². The maximum absolute atomic E-state index is 5.95. The smallest absolute Gasteiger partial charge is 0.192 e. The number of rotatable bonds is 5. The largest absolute Gasteiger partial charge is 0.441 e. The lowest BCUT2D eigenvalue weighted by molar-refractivity contribution is 0.533. The minimum Gasteiger partial charge on any atom is -0.441 e. The van der Waals surface area contributed by atoms with Gasteiger partial charge in [-0.2, -0.15) is 5.10 Å². The Morgan fingerprint density at radius 1 is 1.24 bits per heavy atom. The van der Waals surface area contributed by atoms with Crippen LogP contribution in [-0.4, -0.2) is 14.8 Å². The van der Waals surface area contributed by atoms with E-state index in [4.69, 9.17) is 4.42 Å². The van der Waals surface area contributed by atoms with Crippen LogP contribution in [0.4, 0.5) is 0 Å². The van der Waals surface area contributed by atoms with Gasteiger partial charge in [-0.3, -0.25) is 4.68 Å². The molecule has 0 saturated heterocycles. The molecule has 3 aromatic rings. The van der Waals surface area contributed by atoms with E-state index in [0.717, 1.165) is 46.1 Å². The van der Waals surface area contributed by atoms with Crippen molar-refractivity contribution in [2.24, 2.45) is 5.92 Å². The third-order valence-corrected chi connectivity index (χ3v) is 5.38. The summed E-state index contributed by atoms with van der Waals surface area (Å²) < 4.78 is 9.07. The molecule has 1 saturated carbocycles. The van der Waals surface area contributed by atoms with Gasteiger partial charge in [-0.1, -0.05) is 22.0 Å². The summed E-state index contributed by atoms with van der Waals surface area (Å²) in [6.45, 7) is 7.10. The third-order valence-electron chi connectivity index (χ3n) is 4.72. The molecule has 5 heteroatoms. The van der Waals surface area contributed by atoms with E-state index < -0.39 is 0 Å². The molecular formula is C20H22BrN3O. The Bertz CT molecular complexity index is 921. The Kier molecular flexibility index (Phi) is 4.28. The van der Waals surface area contributed by atoms with Gasteiger partial charge in [0.1, 0.15) is 0 Å². The predicted octanol–water partition coefficient (Wildman–Crippen LogP) is 5.23. The average Bonchev–Trinajstić information content (AvgIpc) is 3.19. The standard InChI is InChI=1S/C20H22BrN3O/c1-12-4-7-17(18(21)8-12)20-19(22-14(3)25-20)9-16-11-24(23-13(16)2)10-15-5-6-15/h4,7-8,11,15H,5-6,9-10H2,1-3H3. The maximum Gasteiger partial charge on any atom is 0.192 e. The van der Waals surface area contributed by atoms with Crippen molar-refractivity contribution in [1.82, 2.24) is 14.8 Å². The Hall–Kier alpha value is -1.88. The average molecular weight is 400 g/mol. The van der Waals surface area contributed by atoms with Gasteiger partial charge in [0.25, 0.3) is 0 Å². The summed E-state index contributed by atoms with van der Waals surface area (Å²) in [6.07, 6.45) is 5.58. The molecule has 0 spiro atoms. The monoisotopic (exact) mass is 399 g/mol. The molecule has 0 atom stereocenters. The molecule has 25 heavy (non-hydrogen) atoms. The molecule has 130 valence electrons. The van der Waals surface area contributed by atoms with Crippen LogP contribution < -0.4 is 0 Å². The summed E-state index contributed by atoms with van der Waals surface area (Å²) in [5, 5.41) is 4.67. The molecule has 0 N–H and O–H groups in total. The summed E-state index contributed by atoms with van der Waals surface area (Å²) in [4.78, 5) is 4.64. The van der Waals surface area contributed by atoms with E-state index in [1.165, 1.54) is 24.0 Å². The molecule has 1 aromatic carbocycles. The van der Waals surface area contributed by atoms with E-state index in [1.807, 2.05) is 6.92 Å². The molecule has 0 amide bonds. The molecule has 0 radical (unpaired) electrons. The Morgan fingerprint density at radius 3 is 2.76 bits per heavy atom. The fourth-order valence-electron chi connectivity index (χ4n) is 3.18. The number of aromatic nitrogens is 3. The summed E-state index contributed by atoms with van der Waals surface area (Å²) in [6, 6.07) is 6.29. The van der Waals surface area contributed by atoms with Crippen LogP contribution in [0.1, 0.15) is 41.2 Å². The topological polar surface area (TPSA) is 43.9 Å². The Labute approximate surface area is 156 Å². The Balaban J connectivity index is 1.66. The molecule has 2 aromatic heterocycles. The van der Waals surface area contributed by atoms with Crippen LogP contribution in [0, 0.1) is 26.7 Å². The normalized spacial score (nSPS) is 14.2. The van der Waals surface area contributed by atoms with Crippen LogP contribution in [0.5, 0.6) is 0 Å². The van der Waals surface area contributed by atoms with Crippen LogP contribution in [0.25, 0.3) is 11.3 Å². The summed E-state index contributed by atoms with van der Waals surface area (Å²) >= 11 is 3.66. The second-order valence-corrected chi connectivity index (χ2v) is 7.93. The lowest BCUT2D eigenvalue weighted by Crippen LogP contribution is -1.99. The zero-order chi connectivity index (χ0) is 17.6. The highest BCUT2D eigenvalue weighted by molar-refractivity contribution is 9.10. The van der Waals surface area contributed by atoms with Gasteiger partial charge in [0.15, 0.2) is 11.7 Å². The number of oxazole rings is 1. The van der Waals surface area contributed by atoms with E-state index in [1.54, 1.807) is 0 Å². The number of nitrogens with zero attached hydrogens (tertiary/aromatic N) is 3. The molecule has 1 fully saturated rings. The van der Waals surface area contributed by atoms with Crippen molar-refractivity contribution in [2.45, 2.75) is 46.6 Å². The van der Waals surface area contributed by atoms with Crippen LogP contribution in [0.2, 0.25) is 0 Å². The molecule has 1 aliphatic carbocycles. The molecular weight excluding hydrogens is 378 g/mol. The van der Waals surface area contributed by atoms with Gasteiger partial charge >= 0.3 is 0 Å². The first kappa shape index (κ1) is 16.6. The van der Waals surface area contributed by atoms with Crippen molar-refractivity contribution in [2.75, 3.05) is 0 Å². The van der Waals surface area contributed by atoms with Gasteiger partial charge in [0, 0.05) is 36.1 Å². The molecule has 0 aliphatic heterocycles. The minimum atomic E-state index is 0.695. The van der Waals surface area contributed by atoms with E-state index in [9.17, 15) is 0 Å². The zero-order valence-electron chi connectivity index (χ0n) is 14.8. The molecule has 4 rings (SSSR count). The van der Waals surface area contributed by atoms with E-state index >= 15 is 0 Å². The zero-order valence-corrected chi connectivity index (χ0v) is 16.4. The van der Waals surface area contributed by atoms with Gasteiger partial charge < -0.3 is 4.42 Å². The number of halogens is 1. The molecule has 4 nitrogen and oxygen atoms in total. The molecule has 0 unspecified atom stereocenters. The highest BCUT2D eigenvalue weighted by Gasteiger charge is 2.23. The van der Waals surface area contributed by atoms with Crippen molar-refractivity contribution in [3.05, 3.63) is 57.3 Å². The van der Waals surface area contributed by atoms with Gasteiger partial charge in [-0.25, -0.2) is 4.98 Å². The van der Waals surface area contributed by atoms with Crippen molar-refractivity contribution >= 4 is 15.9 Å². The predicted molar refractivity (Wildman–Crippen MR) is 102 cm³/mol. The summed E-state index contributed by atoms with van der Waals surface area (Å²) in [5.41, 5.74) is 5.53. The van der Waals surface area contributed by atoms with Gasteiger partial charge in [0.05, 0.1) is 11.4 Å². The lowest BCUT2D eigenvalue weighted by atomic mass is 10.0. The number of benzene rings is 1. The van der Waals surface area contributed by atoms with Crippen molar-refractivity contribution in [3.63, 3.8) is 0 Å². The third kappa shape index (κ3) is 3.56. The minimum absolute atomic E-state index is 0.695. The highest BCUT2D eigenvalue weighted by Crippen LogP contribution is 2.34. The van der Waals surface area contributed by atoms with E-state index in [2.05, 4.69) is 68.9 Å². The first-order valence-electron chi connectivity index (χ1n) is 8.75. The quantitative estimate of drug-likeness (QED) is 0.589. The van der Waals surface area contributed by atoms with Gasteiger partial charge in [-0.05, 0) is 55.9 Å². The van der Waals surface area contributed by atoms with Gasteiger partial charge in [-0.15, -0.1) is 0 Å². The molecule has 1 aliphatic rings. The number of aryl methyl sites for hydroxylation is 3. The second kappa shape index (κ2) is 6.45. The summed E-state index contributed by atoms with van der Waals surface area (Å²) in [7, 11) is 0. The maximum atomic E-state index is 5.95. The van der Waals surface area contributed by atoms with Crippen LogP contribution in [0.15, 0.2) is 33.3 Å². The van der Waals surface area contributed by atoms with Crippen molar-refractivity contribution < 1.29 is 4.42 Å². The van der Waals surface area contributed by atoms with Crippen molar-refractivity contribution in [1.29, 1.82) is 0 Å². The van der Waals surface area contributed by atoms with Crippen LogP contribution in [0.3, 0.4) is 0 Å². The summed E-state index contributed by atoms with van der Waals surface area (Å²) in [5.74, 6) is 2.36. The molecule has 0 bridgehead atoms. The highest BCUT2D eigenvalue weighted by atomic mass is 79.9. The van der Waals surface area contributed by atoms with E-state index in [0.29, 0.717) is 5.89 Å². The molecule has 2 heterocycles. The lowest BCUT2D eigenvalue weighted by Gasteiger charge is -2.05. The Morgan fingerprint density at radius 2 is 2.04 bits per heavy atom. The SMILES string of the molecule is Cc1ccc(-c2oc(C)nc2Cc2cn(CC3CC3)nc2C)c(Br)c1. The van der Waals surface area contributed by atoms with Crippen LogP contribution in [-0.2, 0) is 13.0 Å². The van der Waals surface area contributed by atoms with Gasteiger partial charge in [0.2, 0.25) is 0 Å². The van der Waals surface area contributed by atoms with Crippen molar-refractivity contribution in [3.8, 4) is 11.3 Å².